The van der Waals surface area contributed by atoms with Crippen molar-refractivity contribution in [2.24, 2.45) is 13.0 Å². The molecule has 0 saturated heterocycles. The molecule has 3 aromatic rings. The van der Waals surface area contributed by atoms with Gasteiger partial charge in [-0.1, -0.05) is 18.6 Å². The maximum absolute atomic E-state index is 12.7. The second kappa shape index (κ2) is 4.72. The van der Waals surface area contributed by atoms with E-state index in [1.165, 1.54) is 5.56 Å². The molecule has 2 unspecified atom stereocenters. The van der Waals surface area contributed by atoms with Gasteiger partial charge in [-0.3, -0.25) is 9.48 Å². The number of nitrogens with zero attached hydrogens (tertiary/aromatic N) is 2. The Morgan fingerprint density at radius 3 is 2.87 bits per heavy atom. The summed E-state index contributed by atoms with van der Waals surface area (Å²) < 4.78 is 1.78. The van der Waals surface area contributed by atoms with Crippen molar-refractivity contribution in [1.29, 1.82) is 0 Å². The number of amides is 1. The number of hydrogen-bond donors (Lipinski definition) is 2. The van der Waals surface area contributed by atoms with Gasteiger partial charge in [0.1, 0.15) is 5.69 Å². The van der Waals surface area contributed by atoms with E-state index in [-0.39, 0.29) is 11.4 Å². The van der Waals surface area contributed by atoms with Crippen molar-refractivity contribution in [2.45, 2.75) is 25.8 Å². The van der Waals surface area contributed by atoms with E-state index >= 15 is 0 Å². The highest BCUT2D eigenvalue weighted by Crippen LogP contribution is 2.51. The molecule has 118 valence electrons. The number of aromatic amines is 1. The van der Waals surface area contributed by atoms with Crippen LogP contribution in [0.1, 0.15) is 35.0 Å². The average Bonchev–Trinajstić information content (AvgIpc) is 2.90. The van der Waals surface area contributed by atoms with E-state index in [1.807, 2.05) is 37.6 Å². The molecule has 23 heavy (non-hydrogen) atoms. The number of aryl methyl sites for hydroxylation is 2. The van der Waals surface area contributed by atoms with Gasteiger partial charge in [-0.2, -0.15) is 5.10 Å². The number of aromatic nitrogens is 3. The monoisotopic (exact) mass is 308 g/mol. The van der Waals surface area contributed by atoms with Gasteiger partial charge in [-0.25, -0.2) is 0 Å². The van der Waals surface area contributed by atoms with Crippen molar-refractivity contribution in [2.75, 3.05) is 0 Å². The van der Waals surface area contributed by atoms with Crippen LogP contribution in [0.25, 0.3) is 10.9 Å². The second-order valence-corrected chi connectivity index (χ2v) is 6.71. The first-order valence-corrected chi connectivity index (χ1v) is 7.89. The number of carbonyl (C=O) groups is 1. The van der Waals surface area contributed by atoms with E-state index in [0.29, 0.717) is 11.6 Å². The molecule has 0 aliphatic heterocycles. The topological polar surface area (TPSA) is 62.7 Å². The standard InChI is InChI=1S/C18H20N4O/c1-11-4-5-15-13(6-11)7-16(20-15)17(23)21-18(8-12(18)2)14-9-19-22(3)10-14/h4-7,9-10,12,20H,8H2,1-3H3,(H,21,23). The maximum Gasteiger partial charge on any atom is 0.268 e. The zero-order valence-corrected chi connectivity index (χ0v) is 13.6. The van der Waals surface area contributed by atoms with Crippen molar-refractivity contribution in [3.8, 4) is 0 Å². The lowest BCUT2D eigenvalue weighted by molar-refractivity contribution is 0.0923. The molecule has 5 nitrogen and oxygen atoms in total. The molecule has 1 fully saturated rings. The first-order chi connectivity index (χ1) is 11.0. The minimum absolute atomic E-state index is 0.0629. The van der Waals surface area contributed by atoms with E-state index in [1.54, 1.807) is 4.68 Å². The van der Waals surface area contributed by atoms with Crippen LogP contribution < -0.4 is 5.32 Å². The van der Waals surface area contributed by atoms with Crippen molar-refractivity contribution in [1.82, 2.24) is 20.1 Å². The van der Waals surface area contributed by atoms with Gasteiger partial charge >= 0.3 is 0 Å². The van der Waals surface area contributed by atoms with Crippen LogP contribution in [-0.4, -0.2) is 20.7 Å². The predicted molar refractivity (Wildman–Crippen MR) is 89.2 cm³/mol. The number of nitrogens with one attached hydrogen (secondary N) is 2. The Hall–Kier alpha value is -2.56. The van der Waals surface area contributed by atoms with Crippen LogP contribution in [0.2, 0.25) is 0 Å². The molecule has 1 aliphatic carbocycles. The highest BCUT2D eigenvalue weighted by Gasteiger charge is 2.54. The second-order valence-electron chi connectivity index (χ2n) is 6.71. The highest BCUT2D eigenvalue weighted by molar-refractivity contribution is 5.98. The summed E-state index contributed by atoms with van der Waals surface area (Å²) in [6.45, 7) is 4.21. The summed E-state index contributed by atoms with van der Waals surface area (Å²) in [7, 11) is 1.89. The lowest BCUT2D eigenvalue weighted by Gasteiger charge is -2.16. The van der Waals surface area contributed by atoms with Gasteiger partial charge in [0, 0.05) is 29.7 Å². The fraction of sp³-hybridized carbons (Fsp3) is 0.333. The highest BCUT2D eigenvalue weighted by atomic mass is 16.2. The largest absolute Gasteiger partial charge is 0.351 e. The smallest absolute Gasteiger partial charge is 0.268 e. The van der Waals surface area contributed by atoms with Crippen molar-refractivity contribution >= 4 is 16.8 Å². The molecule has 2 N–H and O–H groups in total. The third-order valence-electron chi connectivity index (χ3n) is 4.89. The molecular weight excluding hydrogens is 288 g/mol. The predicted octanol–water partition coefficient (Wildman–Crippen LogP) is 2.87. The van der Waals surface area contributed by atoms with Crippen LogP contribution in [0.15, 0.2) is 36.7 Å². The summed E-state index contributed by atoms with van der Waals surface area (Å²) >= 11 is 0. The zero-order valence-electron chi connectivity index (χ0n) is 13.6. The molecule has 2 atom stereocenters. The molecule has 0 radical (unpaired) electrons. The minimum Gasteiger partial charge on any atom is -0.351 e. The summed E-state index contributed by atoms with van der Waals surface area (Å²) in [4.78, 5) is 15.9. The van der Waals surface area contributed by atoms with Gasteiger partial charge in [-0.15, -0.1) is 0 Å². The molecular formula is C18H20N4O. The number of rotatable bonds is 3. The fourth-order valence-corrected chi connectivity index (χ4v) is 3.37. The van der Waals surface area contributed by atoms with Crippen LogP contribution in [-0.2, 0) is 12.6 Å². The third-order valence-corrected chi connectivity index (χ3v) is 4.89. The molecule has 0 spiro atoms. The lowest BCUT2D eigenvalue weighted by Crippen LogP contribution is -2.36. The number of benzene rings is 1. The summed E-state index contributed by atoms with van der Waals surface area (Å²) in [5.41, 5.74) is 3.57. The van der Waals surface area contributed by atoms with Crippen molar-refractivity contribution in [3.05, 3.63) is 53.5 Å². The van der Waals surface area contributed by atoms with Crippen LogP contribution in [0.5, 0.6) is 0 Å². The van der Waals surface area contributed by atoms with Gasteiger partial charge in [0.2, 0.25) is 0 Å². The normalized spacial score (nSPS) is 23.2. The number of hydrogen-bond acceptors (Lipinski definition) is 2. The molecule has 1 aliphatic rings. The summed E-state index contributed by atoms with van der Waals surface area (Å²) in [6, 6.07) is 8.06. The SMILES string of the molecule is Cc1ccc2[nH]c(C(=O)NC3(c4cnn(C)c4)CC3C)cc2c1. The Morgan fingerprint density at radius 1 is 1.43 bits per heavy atom. The Morgan fingerprint density at radius 2 is 2.22 bits per heavy atom. The van der Waals surface area contributed by atoms with Crippen molar-refractivity contribution in [3.63, 3.8) is 0 Å². The van der Waals surface area contributed by atoms with Crippen LogP contribution >= 0.6 is 0 Å². The van der Waals surface area contributed by atoms with Gasteiger partial charge < -0.3 is 10.3 Å². The van der Waals surface area contributed by atoms with E-state index < -0.39 is 0 Å². The molecule has 5 heteroatoms. The van der Waals surface area contributed by atoms with E-state index in [4.69, 9.17) is 0 Å². The molecule has 2 heterocycles. The average molecular weight is 308 g/mol. The number of H-pyrrole nitrogens is 1. The first-order valence-electron chi connectivity index (χ1n) is 7.89. The summed E-state index contributed by atoms with van der Waals surface area (Å²) in [5, 5.41) is 8.52. The minimum atomic E-state index is -0.279. The fourth-order valence-electron chi connectivity index (χ4n) is 3.37. The van der Waals surface area contributed by atoms with Gasteiger partial charge in [0.15, 0.2) is 0 Å². The number of carbonyl (C=O) groups excluding carboxylic acids is 1. The zero-order chi connectivity index (χ0) is 16.2. The quantitative estimate of drug-likeness (QED) is 0.781. The molecule has 1 saturated carbocycles. The first kappa shape index (κ1) is 14.1. The van der Waals surface area contributed by atoms with Gasteiger partial charge in [0.05, 0.1) is 11.7 Å². The Bertz CT molecular complexity index is 907. The molecule has 4 rings (SSSR count). The van der Waals surface area contributed by atoms with Gasteiger partial charge in [0.25, 0.3) is 5.91 Å². The summed E-state index contributed by atoms with van der Waals surface area (Å²) in [6.07, 6.45) is 4.78. The molecule has 2 aromatic heterocycles. The number of fused-ring (bicyclic) bond motifs is 1. The lowest BCUT2D eigenvalue weighted by atomic mass is 10.1. The van der Waals surface area contributed by atoms with E-state index in [0.717, 1.165) is 22.9 Å². The summed E-state index contributed by atoms with van der Waals surface area (Å²) in [5.74, 6) is 0.356. The third kappa shape index (κ3) is 2.23. The molecule has 1 aromatic carbocycles. The Balaban J connectivity index is 1.63. The van der Waals surface area contributed by atoms with E-state index in [9.17, 15) is 4.79 Å². The van der Waals surface area contributed by atoms with Crippen molar-refractivity contribution < 1.29 is 4.79 Å². The van der Waals surface area contributed by atoms with E-state index in [2.05, 4.69) is 35.3 Å². The van der Waals surface area contributed by atoms with Crippen LogP contribution in [0, 0.1) is 12.8 Å². The Labute approximate surface area is 134 Å². The molecule has 1 amide bonds. The van der Waals surface area contributed by atoms with Gasteiger partial charge in [-0.05, 0) is 37.5 Å². The maximum atomic E-state index is 12.7. The van der Waals surface area contributed by atoms with Crippen LogP contribution in [0.4, 0.5) is 0 Å². The molecule has 0 bridgehead atoms. The van der Waals surface area contributed by atoms with Crippen LogP contribution in [0.3, 0.4) is 0 Å². The Kier molecular flexibility index (Phi) is 2.88.